The summed E-state index contributed by atoms with van der Waals surface area (Å²) >= 11 is 9.41. The van der Waals surface area contributed by atoms with Gasteiger partial charge in [-0.2, -0.15) is 0 Å². The molecule has 1 aromatic carbocycles. The van der Waals surface area contributed by atoms with Gasteiger partial charge in [0.05, 0.1) is 0 Å². The summed E-state index contributed by atoms with van der Waals surface area (Å²) in [5.41, 5.74) is 0.523. The molecule has 1 aliphatic heterocycles. The van der Waals surface area contributed by atoms with Crippen LogP contribution in [0.4, 0.5) is 4.39 Å². The van der Waals surface area contributed by atoms with Crippen LogP contribution in [0.25, 0.3) is 0 Å². The van der Waals surface area contributed by atoms with Crippen molar-refractivity contribution in [2.24, 2.45) is 0 Å². The highest BCUT2D eigenvalue weighted by atomic mass is 79.9. The molecule has 1 saturated heterocycles. The smallest absolute Gasteiger partial charge is 0.127 e. The highest BCUT2D eigenvalue weighted by Gasteiger charge is 2.31. The van der Waals surface area contributed by atoms with Gasteiger partial charge in [0.25, 0.3) is 0 Å². The van der Waals surface area contributed by atoms with Crippen molar-refractivity contribution in [1.29, 1.82) is 0 Å². The molecule has 0 amide bonds. The summed E-state index contributed by atoms with van der Waals surface area (Å²) < 4.78 is 19.9. The highest BCUT2D eigenvalue weighted by molar-refractivity contribution is 9.10. The van der Waals surface area contributed by atoms with Crippen LogP contribution < -0.4 is 5.32 Å². The lowest BCUT2D eigenvalue weighted by atomic mass is 9.92. The van der Waals surface area contributed by atoms with Gasteiger partial charge < -0.3 is 10.1 Å². The Bertz CT molecular complexity index is 410. The lowest BCUT2D eigenvalue weighted by Gasteiger charge is -2.36. The molecule has 0 spiro atoms. The van der Waals surface area contributed by atoms with Crippen LogP contribution in [0.5, 0.6) is 0 Å². The average molecular weight is 337 g/mol. The van der Waals surface area contributed by atoms with E-state index in [-0.39, 0.29) is 11.4 Å². The van der Waals surface area contributed by atoms with E-state index in [4.69, 9.17) is 16.3 Å². The first-order valence-corrected chi connectivity index (χ1v) is 7.31. The standard InChI is InChI=1S/C13H16BrClFNO/c14-11-1-2-12(16)10(7-11)8-17-13(9-15)3-5-18-6-4-13/h1-2,7,17H,3-6,8-9H2. The highest BCUT2D eigenvalue weighted by Crippen LogP contribution is 2.24. The molecule has 1 aliphatic rings. The maximum absolute atomic E-state index is 13.6. The second-order valence-electron chi connectivity index (χ2n) is 4.62. The summed E-state index contributed by atoms with van der Waals surface area (Å²) in [4.78, 5) is 0. The Morgan fingerprint density at radius 3 is 2.78 bits per heavy atom. The summed E-state index contributed by atoms with van der Waals surface area (Å²) in [5.74, 6) is 0.328. The molecule has 1 heterocycles. The van der Waals surface area contributed by atoms with Gasteiger partial charge in [0.15, 0.2) is 0 Å². The molecule has 1 fully saturated rings. The minimum absolute atomic E-state index is 0.130. The van der Waals surface area contributed by atoms with Crippen LogP contribution >= 0.6 is 27.5 Å². The van der Waals surface area contributed by atoms with Crippen LogP contribution in [0, 0.1) is 5.82 Å². The van der Waals surface area contributed by atoms with Crippen molar-refractivity contribution in [2.75, 3.05) is 19.1 Å². The molecule has 0 atom stereocenters. The van der Waals surface area contributed by atoms with Gasteiger partial charge in [-0.05, 0) is 31.0 Å². The van der Waals surface area contributed by atoms with Gasteiger partial charge in [-0.25, -0.2) is 4.39 Å². The molecule has 1 N–H and O–H groups in total. The van der Waals surface area contributed by atoms with Crippen molar-refractivity contribution in [3.8, 4) is 0 Å². The van der Waals surface area contributed by atoms with Crippen LogP contribution in [-0.4, -0.2) is 24.6 Å². The van der Waals surface area contributed by atoms with Gasteiger partial charge >= 0.3 is 0 Å². The molecule has 18 heavy (non-hydrogen) atoms. The lowest BCUT2D eigenvalue weighted by molar-refractivity contribution is 0.0458. The van der Waals surface area contributed by atoms with E-state index >= 15 is 0 Å². The van der Waals surface area contributed by atoms with Crippen LogP contribution in [0.2, 0.25) is 0 Å². The Morgan fingerprint density at radius 1 is 1.39 bits per heavy atom. The quantitative estimate of drug-likeness (QED) is 0.850. The monoisotopic (exact) mass is 335 g/mol. The van der Waals surface area contributed by atoms with E-state index in [2.05, 4.69) is 21.2 Å². The third-order valence-electron chi connectivity index (χ3n) is 3.37. The second-order valence-corrected chi connectivity index (χ2v) is 5.80. The normalized spacial score (nSPS) is 18.8. The Kier molecular flexibility index (Phi) is 5.01. The third kappa shape index (κ3) is 3.44. The van der Waals surface area contributed by atoms with Gasteiger partial charge in [0.2, 0.25) is 0 Å². The molecule has 100 valence electrons. The summed E-state index contributed by atoms with van der Waals surface area (Å²) in [6.07, 6.45) is 1.73. The first-order chi connectivity index (χ1) is 8.65. The van der Waals surface area contributed by atoms with Crippen molar-refractivity contribution in [3.05, 3.63) is 34.1 Å². The van der Waals surface area contributed by atoms with Gasteiger partial charge in [0.1, 0.15) is 5.82 Å². The SMILES string of the molecule is Fc1ccc(Br)cc1CNC1(CCl)CCOCC1. The number of benzene rings is 1. The van der Waals surface area contributed by atoms with Crippen molar-refractivity contribution in [2.45, 2.75) is 24.9 Å². The fourth-order valence-electron chi connectivity index (χ4n) is 2.08. The predicted molar refractivity (Wildman–Crippen MR) is 74.4 cm³/mol. The fourth-order valence-corrected chi connectivity index (χ4v) is 2.85. The average Bonchev–Trinajstić information content (AvgIpc) is 2.41. The second kappa shape index (κ2) is 6.33. The van der Waals surface area contributed by atoms with E-state index in [0.717, 1.165) is 17.3 Å². The molecule has 0 bridgehead atoms. The van der Waals surface area contributed by atoms with Crippen LogP contribution in [-0.2, 0) is 11.3 Å². The number of rotatable bonds is 4. The number of hydrogen-bond acceptors (Lipinski definition) is 2. The topological polar surface area (TPSA) is 21.3 Å². The zero-order chi connectivity index (χ0) is 13.0. The minimum atomic E-state index is -0.192. The number of ether oxygens (including phenoxy) is 1. The van der Waals surface area contributed by atoms with Crippen molar-refractivity contribution >= 4 is 27.5 Å². The van der Waals surface area contributed by atoms with Gasteiger partial charge in [0, 0.05) is 41.2 Å². The largest absolute Gasteiger partial charge is 0.381 e. The molecule has 1 aromatic rings. The zero-order valence-electron chi connectivity index (χ0n) is 10.0. The predicted octanol–water partition coefficient (Wildman–Crippen LogP) is 3.47. The number of halogens is 3. The van der Waals surface area contributed by atoms with Crippen LogP contribution in [0.15, 0.2) is 22.7 Å². The maximum atomic E-state index is 13.6. The molecule has 0 unspecified atom stereocenters. The van der Waals surface area contributed by atoms with Crippen LogP contribution in [0.3, 0.4) is 0 Å². The van der Waals surface area contributed by atoms with Crippen molar-refractivity contribution < 1.29 is 9.13 Å². The summed E-state index contributed by atoms with van der Waals surface area (Å²) in [7, 11) is 0. The van der Waals surface area contributed by atoms with Crippen molar-refractivity contribution in [3.63, 3.8) is 0 Å². The summed E-state index contributed by atoms with van der Waals surface area (Å²) in [6.45, 7) is 1.90. The molecule has 0 radical (unpaired) electrons. The van der Waals surface area contributed by atoms with E-state index in [1.165, 1.54) is 6.07 Å². The molecular weight excluding hydrogens is 321 g/mol. The van der Waals surface area contributed by atoms with E-state index < -0.39 is 0 Å². The summed E-state index contributed by atoms with van der Waals surface area (Å²) in [6, 6.07) is 4.96. The first kappa shape index (κ1) is 14.3. The van der Waals surface area contributed by atoms with E-state index in [9.17, 15) is 4.39 Å². The molecule has 0 aliphatic carbocycles. The van der Waals surface area contributed by atoms with E-state index in [1.807, 2.05) is 0 Å². The molecular formula is C13H16BrClFNO. The fraction of sp³-hybridized carbons (Fsp3) is 0.538. The van der Waals surface area contributed by atoms with Gasteiger partial charge in [-0.15, -0.1) is 11.6 Å². The van der Waals surface area contributed by atoms with Crippen molar-refractivity contribution in [1.82, 2.24) is 5.32 Å². The number of nitrogens with one attached hydrogen (secondary N) is 1. The maximum Gasteiger partial charge on any atom is 0.127 e. The first-order valence-electron chi connectivity index (χ1n) is 5.98. The number of hydrogen-bond donors (Lipinski definition) is 1. The Morgan fingerprint density at radius 2 is 2.11 bits per heavy atom. The Balaban J connectivity index is 2.03. The van der Waals surface area contributed by atoms with E-state index in [1.54, 1.807) is 12.1 Å². The Labute approximate surface area is 120 Å². The summed E-state index contributed by atoms with van der Waals surface area (Å²) in [5, 5.41) is 3.40. The molecule has 2 nitrogen and oxygen atoms in total. The van der Waals surface area contributed by atoms with Crippen LogP contribution in [0.1, 0.15) is 18.4 Å². The van der Waals surface area contributed by atoms with Gasteiger partial charge in [-0.1, -0.05) is 15.9 Å². The van der Waals surface area contributed by atoms with Gasteiger partial charge in [-0.3, -0.25) is 0 Å². The molecule has 5 heteroatoms. The molecule has 2 rings (SSSR count). The molecule has 0 aromatic heterocycles. The Hall–Kier alpha value is -0.160. The lowest BCUT2D eigenvalue weighted by Crippen LogP contribution is -2.50. The molecule has 0 saturated carbocycles. The van der Waals surface area contributed by atoms with E-state index in [0.29, 0.717) is 31.2 Å². The number of alkyl halides is 1. The third-order valence-corrected chi connectivity index (χ3v) is 4.37. The zero-order valence-corrected chi connectivity index (χ0v) is 12.4. The minimum Gasteiger partial charge on any atom is -0.381 e.